The van der Waals surface area contributed by atoms with Gasteiger partial charge in [-0.15, -0.1) is 0 Å². The Balaban J connectivity index is 0.000000188. The molecule has 2 aromatic carbocycles. The van der Waals surface area contributed by atoms with E-state index in [0.29, 0.717) is 42.9 Å². The Labute approximate surface area is 418 Å². The van der Waals surface area contributed by atoms with E-state index in [2.05, 4.69) is 6.92 Å². The van der Waals surface area contributed by atoms with E-state index in [1.807, 2.05) is 41.3 Å². The van der Waals surface area contributed by atoms with Crippen molar-refractivity contribution < 1.29 is 43.3 Å². The molecule has 5 aliphatic carbocycles. The summed E-state index contributed by atoms with van der Waals surface area (Å²) in [6.07, 6.45) is 29.4. The third-order valence-corrected chi connectivity index (χ3v) is 18.9. The highest BCUT2D eigenvalue weighted by Gasteiger charge is 3.05. The van der Waals surface area contributed by atoms with E-state index < -0.39 is 29.1 Å². The van der Waals surface area contributed by atoms with Crippen molar-refractivity contribution in [3.63, 3.8) is 0 Å². The highest BCUT2D eigenvalue weighted by Crippen LogP contribution is 2.85. The lowest BCUT2D eigenvalue weighted by molar-refractivity contribution is -0.191. The van der Waals surface area contributed by atoms with Gasteiger partial charge in [-0.1, -0.05) is 153 Å². The molecule has 2 aliphatic heterocycles. The van der Waals surface area contributed by atoms with Crippen LogP contribution in [0, 0.1) is 40.9 Å². The maximum Gasteiger partial charge on any atom is 0.337 e. The fourth-order valence-corrected chi connectivity index (χ4v) is 14.7. The smallest absolute Gasteiger partial charge is 0.337 e. The number of carboxylic acids is 1. The number of Topliss-reactive ketones (excluding diaryl/α,β-unsaturated/α-hetero) is 1. The van der Waals surface area contributed by atoms with E-state index in [0.717, 1.165) is 74.2 Å². The zero-order chi connectivity index (χ0) is 49.5. The lowest BCUT2D eigenvalue weighted by Crippen LogP contribution is -2.60. The van der Waals surface area contributed by atoms with E-state index in [1.54, 1.807) is 26.4 Å². The molecule has 70 heavy (non-hydrogen) atoms. The number of hydrogen-bond acceptors (Lipinski definition) is 8. The zero-order valence-corrected chi connectivity index (χ0v) is 43.1. The maximum absolute atomic E-state index is 14.2. The van der Waals surface area contributed by atoms with Gasteiger partial charge in [-0.25, -0.2) is 9.59 Å². The summed E-state index contributed by atoms with van der Waals surface area (Å²) in [5.74, 6) is 1.59. The molecule has 1 N–H and O–H groups in total. The fraction of sp³-hybridized carbons (Fsp3) is 0.712. The van der Waals surface area contributed by atoms with Crippen molar-refractivity contribution in [2.75, 3.05) is 14.2 Å². The van der Waals surface area contributed by atoms with Crippen LogP contribution in [0.5, 0.6) is 11.5 Å². The number of ketones is 1. The van der Waals surface area contributed by atoms with E-state index in [-0.39, 0.29) is 41.4 Å². The minimum atomic E-state index is -1.06. The molecule has 384 valence electrons. The summed E-state index contributed by atoms with van der Waals surface area (Å²) in [5.41, 5.74) is 0.228. The summed E-state index contributed by atoms with van der Waals surface area (Å²) in [7, 11) is 3.25. The molecule has 3 unspecified atom stereocenters. The van der Waals surface area contributed by atoms with Crippen LogP contribution in [0.3, 0.4) is 0 Å². The number of carbonyl (C=O) groups is 5. The van der Waals surface area contributed by atoms with Gasteiger partial charge in [-0.2, -0.15) is 0 Å². The number of piperidine rings is 1. The van der Waals surface area contributed by atoms with Crippen LogP contribution in [-0.2, 0) is 41.8 Å². The van der Waals surface area contributed by atoms with Crippen LogP contribution in [0.15, 0.2) is 48.5 Å². The maximum atomic E-state index is 14.2. The second-order valence-corrected chi connectivity index (χ2v) is 22.8. The fourth-order valence-electron chi connectivity index (χ4n) is 14.7. The van der Waals surface area contributed by atoms with Gasteiger partial charge >= 0.3 is 11.9 Å². The van der Waals surface area contributed by atoms with E-state index >= 15 is 0 Å². The average molecular weight is 965 g/mol. The lowest BCUT2D eigenvalue weighted by Gasteiger charge is -2.40. The molecular formula is C59H84N2O9. The highest BCUT2D eigenvalue weighted by atomic mass is 16.6. The molecule has 2 amide bonds. The van der Waals surface area contributed by atoms with Crippen molar-refractivity contribution >= 4 is 29.5 Å². The number of fused-ring (bicyclic) bond motifs is 1. The van der Waals surface area contributed by atoms with Gasteiger partial charge in [0, 0.05) is 19.5 Å². The topological polar surface area (TPSA) is 140 Å². The van der Waals surface area contributed by atoms with Crippen LogP contribution in [0.2, 0.25) is 0 Å². The second kappa shape index (κ2) is 23.0. The molecule has 5 saturated carbocycles. The van der Waals surface area contributed by atoms with Gasteiger partial charge in [0.2, 0.25) is 11.8 Å². The molecule has 11 heteroatoms. The van der Waals surface area contributed by atoms with Crippen molar-refractivity contribution in [2.45, 2.75) is 211 Å². The number of rotatable bonds is 20. The van der Waals surface area contributed by atoms with Crippen LogP contribution in [0.25, 0.3) is 0 Å². The quantitative estimate of drug-likeness (QED) is 0.101. The first-order valence-electron chi connectivity index (χ1n) is 27.7. The number of amides is 2. The average Bonchev–Trinajstić information content (AvgIpc) is 3.66. The largest absolute Gasteiger partial charge is 0.497 e. The minimum Gasteiger partial charge on any atom is -0.497 e. The molecule has 7 fully saturated rings. The predicted molar refractivity (Wildman–Crippen MR) is 270 cm³/mol. The molecule has 11 nitrogen and oxygen atoms in total. The predicted octanol–water partition coefficient (Wildman–Crippen LogP) is 12.1. The van der Waals surface area contributed by atoms with Gasteiger partial charge in [0.1, 0.15) is 23.3 Å². The number of ether oxygens (including phenoxy) is 3. The van der Waals surface area contributed by atoms with Gasteiger partial charge in [-0.05, 0) is 105 Å². The first-order chi connectivity index (χ1) is 33.9. The molecule has 7 aliphatic rings. The molecule has 9 rings (SSSR count). The summed E-state index contributed by atoms with van der Waals surface area (Å²) >= 11 is 0. The summed E-state index contributed by atoms with van der Waals surface area (Å²) < 4.78 is 16.6. The SMILES string of the molecule is COc1ccc(CN(C(=O)C(CC2CCCCC2)C(=O)CCC2CCCCC2)C(C)C(=O)O)cc1.COc1ccc(CN2C(=O)[C@H](CC3CCCCC3)[C@@]3(CCC4CCCCC4)C24C(=O)O[C@]43C)cc1. The Morgan fingerprint density at radius 3 is 1.69 bits per heavy atom. The van der Waals surface area contributed by atoms with Gasteiger partial charge in [-0.3, -0.25) is 14.4 Å². The van der Waals surface area contributed by atoms with Gasteiger partial charge < -0.3 is 29.1 Å². The first kappa shape index (κ1) is 51.9. The van der Waals surface area contributed by atoms with Gasteiger partial charge in [0.25, 0.3) is 0 Å². The summed E-state index contributed by atoms with van der Waals surface area (Å²) in [6, 6.07) is 14.2. The number of carboxylic acid groups (broad SMARTS) is 1. The molecule has 2 heterocycles. The van der Waals surface area contributed by atoms with E-state index in [9.17, 15) is 29.1 Å². The molecule has 0 bridgehead atoms. The molecule has 6 atom stereocenters. The van der Waals surface area contributed by atoms with Gasteiger partial charge in [0.05, 0.1) is 31.5 Å². The van der Waals surface area contributed by atoms with Crippen molar-refractivity contribution in [1.29, 1.82) is 0 Å². The number of likely N-dealkylation sites (tertiary alicyclic amines) is 1. The summed E-state index contributed by atoms with van der Waals surface area (Å²) in [5, 5.41) is 9.78. The number of benzene rings is 2. The second-order valence-electron chi connectivity index (χ2n) is 22.8. The summed E-state index contributed by atoms with van der Waals surface area (Å²) in [4.78, 5) is 70.3. The number of aliphatic carboxylic acids is 1. The number of hydrogen-bond donors (Lipinski definition) is 1. The lowest BCUT2D eigenvalue weighted by atomic mass is 9.72. The molecule has 2 saturated heterocycles. The molecule has 0 radical (unpaired) electrons. The number of methoxy groups -OCH3 is 2. The van der Waals surface area contributed by atoms with Crippen LogP contribution in [-0.4, -0.2) is 75.8 Å². The van der Waals surface area contributed by atoms with E-state index in [1.165, 1.54) is 115 Å². The monoisotopic (exact) mass is 965 g/mol. The Bertz CT molecular complexity index is 2100. The highest BCUT2D eigenvalue weighted by molar-refractivity contribution is 6.08. The van der Waals surface area contributed by atoms with E-state index in [4.69, 9.17) is 14.2 Å². The Kier molecular flexibility index (Phi) is 17.1. The number of carbonyl (C=O) groups excluding carboxylic acids is 4. The Morgan fingerprint density at radius 2 is 1.19 bits per heavy atom. The normalized spacial score (nSPS) is 27.9. The molecule has 2 aromatic rings. The van der Waals surface area contributed by atoms with Crippen LogP contribution in [0.1, 0.15) is 192 Å². The van der Waals surface area contributed by atoms with Crippen LogP contribution < -0.4 is 9.47 Å². The third-order valence-electron chi connectivity index (χ3n) is 18.9. The third kappa shape index (κ3) is 10.4. The summed E-state index contributed by atoms with van der Waals surface area (Å²) in [6.45, 7) is 4.30. The Morgan fingerprint density at radius 1 is 0.700 bits per heavy atom. The standard InChI is InChI=1S/C30H41NO4.C29H43NO5/c1-28-29(18-17-21-9-5-3-6-10-21)25(19-22-11-7-4-8-12-22)26(32)31(30(28,29)27(33)35-28)20-23-13-15-24(34-2)16-14-23;1-21(29(33)34)30(20-24-13-16-25(35-2)17-14-24)28(32)26(19-23-11-7-4-8-12-23)27(31)18-15-22-9-5-3-6-10-22/h13-16,21-22,25H,3-12,17-20H2,1-2H3;13-14,16-17,21-23,26H,3-12,15,18-20H2,1-2H3,(H,33,34)/t25-,28-,29+,30?;/m0./s1. The van der Waals surface area contributed by atoms with Crippen molar-refractivity contribution in [1.82, 2.24) is 9.80 Å². The van der Waals surface area contributed by atoms with Crippen molar-refractivity contribution in [2.24, 2.45) is 40.9 Å². The molecule has 1 spiro atoms. The van der Waals surface area contributed by atoms with Crippen LogP contribution in [0.4, 0.5) is 0 Å². The first-order valence-corrected chi connectivity index (χ1v) is 27.7. The molecular weight excluding hydrogens is 881 g/mol. The van der Waals surface area contributed by atoms with Crippen molar-refractivity contribution in [3.05, 3.63) is 59.7 Å². The van der Waals surface area contributed by atoms with Crippen molar-refractivity contribution in [3.8, 4) is 11.5 Å². The Hall–Kier alpha value is -4.41. The van der Waals surface area contributed by atoms with Crippen LogP contribution >= 0.6 is 0 Å². The number of nitrogens with zero attached hydrogens (tertiary/aromatic N) is 2. The zero-order valence-electron chi connectivity index (χ0n) is 43.1. The minimum absolute atomic E-state index is 0.00321. The number of esters is 1. The van der Waals surface area contributed by atoms with Gasteiger partial charge in [0.15, 0.2) is 11.1 Å². The molecule has 0 aromatic heterocycles.